The smallest absolute Gasteiger partial charge is 0.0809 e. The predicted molar refractivity (Wildman–Crippen MR) is 76.9 cm³/mol. The van der Waals surface area contributed by atoms with Crippen molar-refractivity contribution in [3.05, 3.63) is 29.3 Å². The van der Waals surface area contributed by atoms with E-state index in [0.29, 0.717) is 6.54 Å². The standard InChI is InChI=1S/C14H20N2OS/c1-3-14(17,4-2)10-15-8-11-7-13-12(16-9-11)5-6-18-13/h5-7,9,15,17H,3-4,8,10H2,1-2H3. The topological polar surface area (TPSA) is 45.1 Å². The summed E-state index contributed by atoms with van der Waals surface area (Å²) in [6.45, 7) is 5.42. The number of nitrogens with zero attached hydrogens (tertiary/aromatic N) is 1. The van der Waals surface area contributed by atoms with Crippen LogP contribution >= 0.6 is 11.3 Å². The molecular formula is C14H20N2OS. The first-order chi connectivity index (χ1) is 8.67. The number of pyridine rings is 1. The second-order valence-electron chi connectivity index (χ2n) is 4.68. The van der Waals surface area contributed by atoms with Gasteiger partial charge in [0.05, 0.1) is 15.8 Å². The van der Waals surface area contributed by atoms with Crippen molar-refractivity contribution in [2.75, 3.05) is 6.54 Å². The van der Waals surface area contributed by atoms with Gasteiger partial charge in [-0.25, -0.2) is 0 Å². The lowest BCUT2D eigenvalue weighted by Gasteiger charge is -2.25. The number of hydrogen-bond acceptors (Lipinski definition) is 4. The van der Waals surface area contributed by atoms with Gasteiger partial charge in [0, 0.05) is 19.3 Å². The summed E-state index contributed by atoms with van der Waals surface area (Å²) >= 11 is 1.71. The highest BCUT2D eigenvalue weighted by Crippen LogP contribution is 2.19. The summed E-state index contributed by atoms with van der Waals surface area (Å²) < 4.78 is 1.22. The zero-order valence-corrected chi connectivity index (χ0v) is 11.8. The minimum Gasteiger partial charge on any atom is -0.389 e. The first kappa shape index (κ1) is 13.5. The summed E-state index contributed by atoms with van der Waals surface area (Å²) in [6, 6.07) is 4.20. The third-order valence-corrected chi connectivity index (χ3v) is 4.31. The zero-order valence-electron chi connectivity index (χ0n) is 10.9. The van der Waals surface area contributed by atoms with Gasteiger partial charge in [-0.05, 0) is 35.9 Å². The third-order valence-electron chi connectivity index (χ3n) is 3.46. The van der Waals surface area contributed by atoms with Gasteiger partial charge in [0.15, 0.2) is 0 Å². The van der Waals surface area contributed by atoms with Gasteiger partial charge in [-0.3, -0.25) is 4.98 Å². The molecule has 0 spiro atoms. The van der Waals surface area contributed by atoms with Gasteiger partial charge in [-0.15, -0.1) is 11.3 Å². The number of rotatable bonds is 6. The van der Waals surface area contributed by atoms with Crippen LogP contribution < -0.4 is 5.32 Å². The summed E-state index contributed by atoms with van der Waals surface area (Å²) in [5.41, 5.74) is 1.64. The van der Waals surface area contributed by atoms with Crippen molar-refractivity contribution >= 4 is 21.6 Å². The van der Waals surface area contributed by atoms with Crippen LogP contribution in [0.1, 0.15) is 32.3 Å². The number of hydrogen-bond donors (Lipinski definition) is 2. The van der Waals surface area contributed by atoms with E-state index in [1.54, 1.807) is 11.3 Å². The Balaban J connectivity index is 1.93. The van der Waals surface area contributed by atoms with Crippen LogP contribution in [-0.4, -0.2) is 22.2 Å². The van der Waals surface area contributed by atoms with E-state index in [4.69, 9.17) is 0 Å². The van der Waals surface area contributed by atoms with Gasteiger partial charge in [-0.2, -0.15) is 0 Å². The Morgan fingerprint density at radius 2 is 2.17 bits per heavy atom. The lowest BCUT2D eigenvalue weighted by molar-refractivity contribution is 0.0323. The van der Waals surface area contributed by atoms with Crippen LogP contribution in [0.2, 0.25) is 0 Å². The molecule has 0 fully saturated rings. The first-order valence-electron chi connectivity index (χ1n) is 6.42. The molecule has 0 aliphatic carbocycles. The maximum absolute atomic E-state index is 10.2. The van der Waals surface area contributed by atoms with Crippen LogP contribution in [0.5, 0.6) is 0 Å². The van der Waals surface area contributed by atoms with Crippen LogP contribution in [0.25, 0.3) is 10.2 Å². The minimum absolute atomic E-state index is 0.583. The molecule has 0 atom stereocenters. The normalized spacial score (nSPS) is 12.2. The number of nitrogens with one attached hydrogen (secondary N) is 1. The molecule has 0 amide bonds. The van der Waals surface area contributed by atoms with E-state index in [9.17, 15) is 5.11 Å². The second kappa shape index (κ2) is 5.78. The minimum atomic E-state index is -0.583. The molecule has 0 unspecified atom stereocenters. The molecule has 2 aromatic heterocycles. The molecule has 0 bridgehead atoms. The van der Waals surface area contributed by atoms with Crippen LogP contribution in [-0.2, 0) is 6.54 Å². The quantitative estimate of drug-likeness (QED) is 0.843. The molecule has 0 saturated carbocycles. The maximum atomic E-state index is 10.2. The molecule has 18 heavy (non-hydrogen) atoms. The molecule has 0 aliphatic heterocycles. The molecule has 4 heteroatoms. The van der Waals surface area contributed by atoms with E-state index in [1.807, 2.05) is 26.1 Å². The number of fused-ring (bicyclic) bond motifs is 1. The zero-order chi connectivity index (χ0) is 13.0. The van der Waals surface area contributed by atoms with Crippen molar-refractivity contribution in [2.45, 2.75) is 38.8 Å². The molecular weight excluding hydrogens is 244 g/mol. The van der Waals surface area contributed by atoms with Crippen LogP contribution in [0.4, 0.5) is 0 Å². The van der Waals surface area contributed by atoms with Crippen LogP contribution in [0.15, 0.2) is 23.7 Å². The van der Waals surface area contributed by atoms with E-state index in [0.717, 1.165) is 24.9 Å². The summed E-state index contributed by atoms with van der Waals surface area (Å²) in [5, 5.41) is 15.5. The highest BCUT2D eigenvalue weighted by molar-refractivity contribution is 7.17. The Labute approximate surface area is 112 Å². The molecule has 0 aliphatic rings. The monoisotopic (exact) mass is 264 g/mol. The highest BCUT2D eigenvalue weighted by atomic mass is 32.1. The number of aromatic nitrogens is 1. The summed E-state index contributed by atoms with van der Waals surface area (Å²) in [4.78, 5) is 4.40. The molecule has 0 radical (unpaired) electrons. The van der Waals surface area contributed by atoms with E-state index in [1.165, 1.54) is 10.3 Å². The Bertz CT molecular complexity index is 505. The van der Waals surface area contributed by atoms with Gasteiger partial charge in [0.25, 0.3) is 0 Å². The summed E-state index contributed by atoms with van der Waals surface area (Å²) in [6.07, 6.45) is 3.45. The van der Waals surface area contributed by atoms with Crippen molar-refractivity contribution < 1.29 is 5.11 Å². The number of thiophene rings is 1. The van der Waals surface area contributed by atoms with E-state index in [2.05, 4.69) is 21.7 Å². The average molecular weight is 264 g/mol. The van der Waals surface area contributed by atoms with Crippen molar-refractivity contribution in [3.8, 4) is 0 Å². The SMILES string of the molecule is CCC(O)(CC)CNCc1cnc2ccsc2c1. The van der Waals surface area contributed by atoms with Gasteiger partial charge in [0.2, 0.25) is 0 Å². The van der Waals surface area contributed by atoms with Gasteiger partial charge < -0.3 is 10.4 Å². The molecule has 0 saturated heterocycles. The second-order valence-corrected chi connectivity index (χ2v) is 5.63. The summed E-state index contributed by atoms with van der Waals surface area (Å²) in [5.74, 6) is 0. The Morgan fingerprint density at radius 3 is 2.89 bits per heavy atom. The number of aliphatic hydroxyl groups is 1. The van der Waals surface area contributed by atoms with Crippen molar-refractivity contribution in [1.29, 1.82) is 0 Å². The van der Waals surface area contributed by atoms with Gasteiger partial charge in [0.1, 0.15) is 0 Å². The molecule has 2 rings (SSSR count). The van der Waals surface area contributed by atoms with Gasteiger partial charge >= 0.3 is 0 Å². The summed E-state index contributed by atoms with van der Waals surface area (Å²) in [7, 11) is 0. The van der Waals surface area contributed by atoms with Crippen LogP contribution in [0, 0.1) is 0 Å². The Hall–Kier alpha value is -0.970. The van der Waals surface area contributed by atoms with Gasteiger partial charge in [-0.1, -0.05) is 13.8 Å². The molecule has 2 N–H and O–H groups in total. The fourth-order valence-electron chi connectivity index (χ4n) is 1.92. The highest BCUT2D eigenvalue weighted by Gasteiger charge is 2.21. The van der Waals surface area contributed by atoms with E-state index < -0.39 is 5.60 Å². The molecule has 2 aromatic rings. The Kier molecular flexibility index (Phi) is 4.32. The van der Waals surface area contributed by atoms with Crippen LogP contribution in [0.3, 0.4) is 0 Å². The lowest BCUT2D eigenvalue weighted by atomic mass is 9.97. The van der Waals surface area contributed by atoms with E-state index >= 15 is 0 Å². The maximum Gasteiger partial charge on any atom is 0.0809 e. The molecule has 0 aromatic carbocycles. The first-order valence-corrected chi connectivity index (χ1v) is 7.30. The largest absolute Gasteiger partial charge is 0.389 e. The Morgan fingerprint density at radius 1 is 1.39 bits per heavy atom. The molecule has 98 valence electrons. The fraction of sp³-hybridized carbons (Fsp3) is 0.500. The van der Waals surface area contributed by atoms with Crippen molar-refractivity contribution in [2.24, 2.45) is 0 Å². The average Bonchev–Trinajstić information content (AvgIpc) is 2.86. The van der Waals surface area contributed by atoms with Crippen molar-refractivity contribution in [1.82, 2.24) is 10.3 Å². The molecule has 3 nitrogen and oxygen atoms in total. The fourth-order valence-corrected chi connectivity index (χ4v) is 2.73. The predicted octanol–water partition coefficient (Wildman–Crippen LogP) is 2.94. The lowest BCUT2D eigenvalue weighted by Crippen LogP contribution is -2.39. The van der Waals surface area contributed by atoms with Crippen molar-refractivity contribution in [3.63, 3.8) is 0 Å². The third kappa shape index (κ3) is 3.07. The van der Waals surface area contributed by atoms with E-state index in [-0.39, 0.29) is 0 Å². The molecule has 2 heterocycles.